The summed E-state index contributed by atoms with van der Waals surface area (Å²) >= 11 is 0. The van der Waals surface area contributed by atoms with Crippen molar-refractivity contribution in [1.82, 2.24) is 9.80 Å². The van der Waals surface area contributed by atoms with Gasteiger partial charge < -0.3 is 41.3 Å². The molecule has 4 aromatic rings. The lowest BCUT2D eigenvalue weighted by molar-refractivity contribution is -0.116. The van der Waals surface area contributed by atoms with Crippen LogP contribution in [0.2, 0.25) is 0 Å². The first kappa shape index (κ1) is 37.6. The normalized spacial score (nSPS) is 16.2. The molecule has 0 radical (unpaired) electrons. The number of nitrogens with two attached hydrogens (primary N) is 1. The van der Waals surface area contributed by atoms with Gasteiger partial charge in [-0.05, 0) is 55.5 Å². The highest BCUT2D eigenvalue weighted by molar-refractivity contribution is 6.02. The van der Waals surface area contributed by atoms with E-state index >= 15 is 0 Å². The lowest BCUT2D eigenvalue weighted by Crippen LogP contribution is -2.50. The number of hydrogen-bond acceptors (Lipinski definition) is 7. The van der Waals surface area contributed by atoms with E-state index in [1.807, 2.05) is 49.4 Å². The molecule has 0 unspecified atom stereocenters. The summed E-state index contributed by atoms with van der Waals surface area (Å²) in [6.07, 6.45) is 1.75. The van der Waals surface area contributed by atoms with E-state index in [2.05, 4.69) is 16.0 Å². The van der Waals surface area contributed by atoms with Crippen molar-refractivity contribution in [3.8, 4) is 5.75 Å². The number of anilines is 4. The van der Waals surface area contributed by atoms with E-state index in [1.54, 1.807) is 66.2 Å². The number of carbonyl (C=O) groups is 4. The number of benzene rings is 4. The summed E-state index contributed by atoms with van der Waals surface area (Å²) in [7, 11) is 1.68. The first-order valence-electron chi connectivity index (χ1n) is 17.7. The molecule has 1 aliphatic heterocycles. The Balaban J connectivity index is 1.25. The molecule has 274 valence electrons. The molecule has 0 fully saturated rings. The van der Waals surface area contributed by atoms with Gasteiger partial charge in [0.05, 0.1) is 47.5 Å². The number of unbranched alkanes of at least 4 members (excludes halogenated alkanes) is 2. The molecule has 0 aliphatic carbocycles. The summed E-state index contributed by atoms with van der Waals surface area (Å²) in [5.74, 6) is -0.761. The van der Waals surface area contributed by atoms with Crippen LogP contribution in [-0.2, 0) is 9.59 Å². The minimum Gasteiger partial charge on any atom is -0.485 e. The molecule has 4 aromatic carbocycles. The zero-order valence-electron chi connectivity index (χ0n) is 29.9. The van der Waals surface area contributed by atoms with Gasteiger partial charge >= 0.3 is 6.03 Å². The van der Waals surface area contributed by atoms with Crippen molar-refractivity contribution in [2.75, 3.05) is 48.4 Å². The molecule has 5 amide bonds. The molecule has 0 saturated heterocycles. The van der Waals surface area contributed by atoms with Crippen molar-refractivity contribution in [2.45, 2.75) is 58.1 Å². The van der Waals surface area contributed by atoms with E-state index < -0.39 is 12.1 Å². The molecule has 6 N–H and O–H groups in total. The minimum absolute atomic E-state index is 0.142. The largest absolute Gasteiger partial charge is 0.485 e. The summed E-state index contributed by atoms with van der Waals surface area (Å²) < 4.78 is 6.58. The predicted octanol–water partition coefficient (Wildman–Crippen LogP) is 6.33. The Kier molecular flexibility index (Phi) is 12.7. The van der Waals surface area contributed by atoms with Gasteiger partial charge in [0.2, 0.25) is 11.8 Å². The van der Waals surface area contributed by atoms with Gasteiger partial charge in [-0.1, -0.05) is 67.9 Å². The highest BCUT2D eigenvalue weighted by Gasteiger charge is 2.35. The molecule has 0 spiro atoms. The van der Waals surface area contributed by atoms with Crippen LogP contribution < -0.4 is 26.4 Å². The molecule has 0 saturated carbocycles. The number of urea groups is 1. The van der Waals surface area contributed by atoms with Gasteiger partial charge in [-0.3, -0.25) is 14.4 Å². The summed E-state index contributed by atoms with van der Waals surface area (Å²) in [6.45, 7) is 3.95. The molecule has 0 aromatic heterocycles. The van der Waals surface area contributed by atoms with E-state index in [0.29, 0.717) is 48.4 Å². The Labute approximate surface area is 304 Å². The van der Waals surface area contributed by atoms with Crippen LogP contribution in [0.25, 0.3) is 10.8 Å². The molecule has 1 aliphatic rings. The molecule has 3 atom stereocenters. The zero-order valence-corrected chi connectivity index (χ0v) is 29.9. The lowest BCUT2D eigenvalue weighted by atomic mass is 9.99. The fraction of sp³-hybridized carbons (Fsp3) is 0.350. The van der Waals surface area contributed by atoms with Crippen LogP contribution in [0, 0.1) is 5.92 Å². The molecule has 1 heterocycles. The maximum atomic E-state index is 13.9. The summed E-state index contributed by atoms with van der Waals surface area (Å²) in [5.41, 5.74) is 8.26. The number of carbonyl (C=O) groups excluding carboxylic acids is 4. The number of para-hydroxylation sites is 3. The molecular weight excluding hydrogens is 660 g/mol. The lowest BCUT2D eigenvalue weighted by Gasteiger charge is -2.38. The van der Waals surface area contributed by atoms with E-state index in [9.17, 15) is 24.3 Å². The maximum absolute atomic E-state index is 13.9. The van der Waals surface area contributed by atoms with Gasteiger partial charge in [0.1, 0.15) is 6.10 Å². The highest BCUT2D eigenvalue weighted by atomic mass is 16.5. The molecule has 0 bridgehead atoms. The van der Waals surface area contributed by atoms with Gasteiger partial charge in [0.25, 0.3) is 5.91 Å². The van der Waals surface area contributed by atoms with Gasteiger partial charge in [-0.25, -0.2) is 4.79 Å². The first-order chi connectivity index (χ1) is 25.0. The quantitative estimate of drug-likeness (QED) is 0.0799. The van der Waals surface area contributed by atoms with E-state index in [4.69, 9.17) is 10.5 Å². The molecular formula is C40H48N6O6. The standard InChI is InChI=1S/C40H48N6O6/c1-26-23-46(27(2)25-47)39(50)30-16-12-20-34(43-37(49)22-6-4-5-21-36(48)42-33-18-10-9-17-31(33)41)38(30)52-35(26)24-45(3)40(51)44-32-19-11-14-28-13-7-8-15-29(28)32/h7-20,26-27,35,47H,4-6,21-25,41H2,1-3H3,(H,42,48)(H,43,49)(H,44,51)/t26-,27+,35-/m1/s1. The first-order valence-corrected chi connectivity index (χ1v) is 17.7. The van der Waals surface area contributed by atoms with Crippen LogP contribution in [0.5, 0.6) is 5.75 Å². The number of rotatable bonds is 13. The maximum Gasteiger partial charge on any atom is 0.321 e. The number of nitrogens with zero attached hydrogens (tertiary/aromatic N) is 2. The van der Waals surface area contributed by atoms with Crippen LogP contribution in [0.15, 0.2) is 84.9 Å². The Hall–Kier alpha value is -5.62. The minimum atomic E-state index is -0.570. The zero-order chi connectivity index (χ0) is 37.2. The third-order valence-electron chi connectivity index (χ3n) is 9.34. The average molecular weight is 709 g/mol. The fourth-order valence-corrected chi connectivity index (χ4v) is 6.24. The highest BCUT2D eigenvalue weighted by Crippen LogP contribution is 2.35. The number of likely N-dealkylation sites (N-methyl/N-ethyl adjacent to an activating group) is 1. The molecule has 52 heavy (non-hydrogen) atoms. The van der Waals surface area contributed by atoms with Crippen LogP contribution >= 0.6 is 0 Å². The van der Waals surface area contributed by atoms with Crippen LogP contribution in [0.3, 0.4) is 0 Å². The second-order valence-corrected chi connectivity index (χ2v) is 13.4. The number of aliphatic hydroxyl groups is 1. The summed E-state index contributed by atoms with van der Waals surface area (Å²) in [6, 6.07) is 24.8. The number of ether oxygens (including phenoxy) is 1. The number of nitrogen functional groups attached to an aromatic ring is 1. The van der Waals surface area contributed by atoms with Crippen molar-refractivity contribution in [1.29, 1.82) is 0 Å². The smallest absolute Gasteiger partial charge is 0.321 e. The second kappa shape index (κ2) is 17.5. The van der Waals surface area contributed by atoms with Crippen molar-refractivity contribution in [3.05, 3.63) is 90.5 Å². The monoisotopic (exact) mass is 708 g/mol. The van der Waals surface area contributed by atoms with Crippen LogP contribution in [-0.4, -0.2) is 77.5 Å². The Bertz CT molecular complexity index is 1890. The van der Waals surface area contributed by atoms with Crippen LogP contribution in [0.1, 0.15) is 56.3 Å². The van der Waals surface area contributed by atoms with Gasteiger partial charge in [-0.2, -0.15) is 0 Å². The van der Waals surface area contributed by atoms with Gasteiger partial charge in [0.15, 0.2) is 5.75 Å². The van der Waals surface area contributed by atoms with Crippen molar-refractivity contribution >= 4 is 57.3 Å². The van der Waals surface area contributed by atoms with E-state index in [0.717, 1.165) is 10.8 Å². The number of aliphatic hydroxyl groups excluding tert-OH is 1. The molecule has 5 rings (SSSR count). The predicted molar refractivity (Wildman–Crippen MR) is 204 cm³/mol. The van der Waals surface area contributed by atoms with Crippen molar-refractivity contribution in [3.63, 3.8) is 0 Å². The number of amides is 5. The number of fused-ring (bicyclic) bond motifs is 2. The van der Waals surface area contributed by atoms with Crippen molar-refractivity contribution in [2.24, 2.45) is 5.92 Å². The van der Waals surface area contributed by atoms with E-state index in [-0.39, 0.29) is 67.1 Å². The average Bonchev–Trinajstić information content (AvgIpc) is 3.13. The Morgan fingerprint density at radius 3 is 2.21 bits per heavy atom. The third-order valence-corrected chi connectivity index (χ3v) is 9.34. The summed E-state index contributed by atoms with van der Waals surface area (Å²) in [4.78, 5) is 56.0. The topological polar surface area (TPSA) is 166 Å². The fourth-order valence-electron chi connectivity index (χ4n) is 6.24. The van der Waals surface area contributed by atoms with Gasteiger partial charge in [0, 0.05) is 37.7 Å². The number of hydrogen-bond donors (Lipinski definition) is 5. The van der Waals surface area contributed by atoms with E-state index in [1.165, 1.54) is 0 Å². The number of nitrogens with one attached hydrogen (secondary N) is 3. The van der Waals surface area contributed by atoms with Crippen LogP contribution in [0.4, 0.5) is 27.5 Å². The summed E-state index contributed by atoms with van der Waals surface area (Å²) in [5, 5.41) is 20.7. The van der Waals surface area contributed by atoms with Crippen molar-refractivity contribution < 1.29 is 29.0 Å². The molecule has 12 nitrogen and oxygen atoms in total. The SMILES string of the molecule is C[C@@H]1CN([C@@H](C)CO)C(=O)c2cccc(NC(=O)CCCCCC(=O)Nc3ccccc3N)c2O[C@@H]1CN(C)C(=O)Nc1cccc2ccccc12. The van der Waals surface area contributed by atoms with Gasteiger partial charge in [-0.15, -0.1) is 0 Å². The third kappa shape index (κ3) is 9.38. The molecule has 12 heteroatoms. The second-order valence-electron chi connectivity index (χ2n) is 13.4. The Morgan fingerprint density at radius 2 is 1.48 bits per heavy atom. The Morgan fingerprint density at radius 1 is 0.865 bits per heavy atom.